The van der Waals surface area contributed by atoms with E-state index in [1.54, 1.807) is 30.3 Å². The number of aryl methyl sites for hydroxylation is 1. The lowest BCUT2D eigenvalue weighted by Gasteiger charge is -2.14. The highest BCUT2D eigenvalue weighted by Crippen LogP contribution is 2.31. The highest BCUT2D eigenvalue weighted by Gasteiger charge is 2.18. The lowest BCUT2D eigenvalue weighted by atomic mass is 10.1. The monoisotopic (exact) mass is 573 g/mol. The van der Waals surface area contributed by atoms with Crippen molar-refractivity contribution in [2.75, 3.05) is 7.11 Å². The molecule has 0 aliphatic rings. The topological polar surface area (TPSA) is 79.4 Å². The largest absolute Gasteiger partial charge is 0.465 e. The van der Waals surface area contributed by atoms with Crippen LogP contribution in [0.3, 0.4) is 0 Å². The van der Waals surface area contributed by atoms with Gasteiger partial charge in [-0.2, -0.15) is 0 Å². The molecule has 1 atom stereocenters. The molecule has 0 saturated carbocycles. The van der Waals surface area contributed by atoms with E-state index < -0.39 is 0 Å². The lowest BCUT2D eigenvalue weighted by molar-refractivity contribution is 0.0600. The second kappa shape index (κ2) is 13.7. The summed E-state index contributed by atoms with van der Waals surface area (Å²) in [4.78, 5) is 16.5. The van der Waals surface area contributed by atoms with E-state index in [0.29, 0.717) is 33.5 Å². The van der Waals surface area contributed by atoms with E-state index in [4.69, 9.17) is 43.4 Å². The Balaban J connectivity index is 0.00000400. The number of hydrogen-bond donors (Lipinski definition) is 1. The Morgan fingerprint density at radius 3 is 2.29 bits per heavy atom. The van der Waals surface area contributed by atoms with E-state index in [1.165, 1.54) is 7.11 Å². The van der Waals surface area contributed by atoms with Crippen molar-refractivity contribution < 1.29 is 14.3 Å². The number of nitrogens with two attached hydrogens (primary N) is 1. The molecule has 200 valence electrons. The van der Waals surface area contributed by atoms with Crippen LogP contribution >= 0.6 is 35.6 Å². The maximum atomic E-state index is 11.6. The molecule has 1 aromatic heterocycles. The number of rotatable bonds is 10. The quantitative estimate of drug-likeness (QED) is 0.195. The number of imidazole rings is 1. The van der Waals surface area contributed by atoms with Crippen molar-refractivity contribution in [3.05, 3.63) is 99.9 Å². The average molecular weight is 575 g/mol. The molecule has 9 heteroatoms. The van der Waals surface area contributed by atoms with Crippen LogP contribution in [0.2, 0.25) is 10.0 Å². The summed E-state index contributed by atoms with van der Waals surface area (Å²) in [5.41, 5.74) is 9.81. The van der Waals surface area contributed by atoms with Gasteiger partial charge in [-0.1, -0.05) is 48.7 Å². The Kier molecular flexibility index (Phi) is 10.6. The summed E-state index contributed by atoms with van der Waals surface area (Å²) < 4.78 is 12.8. The van der Waals surface area contributed by atoms with Crippen molar-refractivity contribution in [1.82, 2.24) is 9.55 Å². The van der Waals surface area contributed by atoms with Gasteiger partial charge in [-0.3, -0.25) is 0 Å². The summed E-state index contributed by atoms with van der Waals surface area (Å²) >= 11 is 12.5. The van der Waals surface area contributed by atoms with Crippen LogP contribution in [0.1, 0.15) is 47.6 Å². The molecule has 1 heterocycles. The summed E-state index contributed by atoms with van der Waals surface area (Å²) in [7, 11) is 1.35. The summed E-state index contributed by atoms with van der Waals surface area (Å²) in [6, 6.07) is 19.7. The number of nitrogens with zero attached hydrogens (tertiary/aromatic N) is 2. The number of carbonyl (C=O) groups excluding carboxylic acids is 1. The Bertz CT molecular complexity index is 1360. The minimum Gasteiger partial charge on any atom is -0.465 e. The fraction of sp³-hybridized carbons (Fsp3) is 0.241. The summed E-state index contributed by atoms with van der Waals surface area (Å²) in [6.07, 6.45) is 4.72. The van der Waals surface area contributed by atoms with Crippen LogP contribution < -0.4 is 10.5 Å². The predicted octanol–water partition coefficient (Wildman–Crippen LogP) is 7.90. The molecule has 0 fully saturated rings. The van der Waals surface area contributed by atoms with Crippen LogP contribution in [0, 0.1) is 0 Å². The molecular weight excluding hydrogens is 545 g/mol. The second-order valence-electron chi connectivity index (χ2n) is 8.73. The molecule has 0 radical (unpaired) electrons. The molecule has 0 unspecified atom stereocenters. The van der Waals surface area contributed by atoms with Gasteiger partial charge < -0.3 is 19.8 Å². The highest BCUT2D eigenvalue weighted by atomic mass is 35.5. The van der Waals surface area contributed by atoms with Gasteiger partial charge in [0.25, 0.3) is 0 Å². The zero-order chi connectivity index (χ0) is 26.4. The number of methoxy groups -OCH3 is 1. The van der Waals surface area contributed by atoms with Crippen molar-refractivity contribution in [2.45, 2.75) is 38.8 Å². The fourth-order valence-corrected chi connectivity index (χ4v) is 4.52. The molecule has 4 aromatic rings. The fourth-order valence-electron chi connectivity index (χ4n) is 4.01. The first-order chi connectivity index (χ1) is 17.9. The molecule has 0 saturated heterocycles. The third-order valence-corrected chi connectivity index (χ3v) is 6.54. The minimum atomic E-state index is -0.383. The zero-order valence-electron chi connectivity index (χ0n) is 21.2. The number of carbonyl (C=O) groups is 1. The molecule has 4 rings (SSSR count). The third-order valence-electron chi connectivity index (χ3n) is 5.99. The van der Waals surface area contributed by atoms with Crippen molar-refractivity contribution in [3.8, 4) is 22.8 Å². The standard InChI is InChI=1S/C29H29Cl2N3O3.ClH/c1-3-4-15-34-18-27(24-14-9-21(30)17-25(24)31)33-28(34)26(32)16-19-5-10-22(11-6-19)37-23-12-7-20(8-13-23)29(35)36-2;/h5-14,17-18,26H,3-4,15-16,32H2,1-2H3;1H/t26-;/m0./s1. The maximum Gasteiger partial charge on any atom is 0.337 e. The number of benzene rings is 3. The Morgan fingerprint density at radius 1 is 1.03 bits per heavy atom. The van der Waals surface area contributed by atoms with Gasteiger partial charge in [0.1, 0.15) is 17.3 Å². The van der Waals surface area contributed by atoms with Crippen molar-refractivity contribution in [2.24, 2.45) is 5.73 Å². The van der Waals surface area contributed by atoms with Gasteiger partial charge >= 0.3 is 5.97 Å². The number of unbranched alkanes of at least 4 members (excludes halogenated alkanes) is 1. The van der Waals surface area contributed by atoms with E-state index in [2.05, 4.69) is 11.5 Å². The van der Waals surface area contributed by atoms with Gasteiger partial charge in [-0.05, 0) is 73.0 Å². The number of aromatic nitrogens is 2. The van der Waals surface area contributed by atoms with Crippen LogP contribution in [0.5, 0.6) is 11.5 Å². The molecule has 0 aliphatic carbocycles. The van der Waals surface area contributed by atoms with Crippen molar-refractivity contribution in [1.29, 1.82) is 0 Å². The third kappa shape index (κ3) is 7.29. The maximum absolute atomic E-state index is 11.6. The van der Waals surface area contributed by atoms with Crippen LogP contribution in [0.4, 0.5) is 0 Å². The van der Waals surface area contributed by atoms with Crippen LogP contribution in [-0.2, 0) is 17.7 Å². The first kappa shape index (κ1) is 29.5. The van der Waals surface area contributed by atoms with Crippen molar-refractivity contribution in [3.63, 3.8) is 0 Å². The first-order valence-electron chi connectivity index (χ1n) is 12.1. The number of halogens is 3. The number of esters is 1. The smallest absolute Gasteiger partial charge is 0.337 e. The second-order valence-corrected chi connectivity index (χ2v) is 9.57. The Labute approximate surface area is 239 Å². The first-order valence-corrected chi connectivity index (χ1v) is 12.9. The van der Waals surface area contributed by atoms with Crippen LogP contribution in [0.25, 0.3) is 11.3 Å². The lowest BCUT2D eigenvalue weighted by Crippen LogP contribution is -2.19. The molecule has 3 aromatic carbocycles. The SMILES string of the molecule is CCCCn1cc(-c2ccc(Cl)cc2Cl)nc1[C@@H](N)Cc1ccc(Oc2ccc(C(=O)OC)cc2)cc1.Cl. The summed E-state index contributed by atoms with van der Waals surface area (Å²) in [5.74, 6) is 1.75. The molecule has 0 aliphatic heterocycles. The Hall–Kier alpha value is -3.03. The van der Waals surface area contributed by atoms with Gasteiger partial charge in [0.05, 0.1) is 29.4 Å². The van der Waals surface area contributed by atoms with E-state index >= 15 is 0 Å². The molecule has 0 bridgehead atoms. The Morgan fingerprint density at radius 2 is 1.68 bits per heavy atom. The normalized spacial score (nSPS) is 11.5. The highest BCUT2D eigenvalue weighted by molar-refractivity contribution is 6.36. The minimum absolute atomic E-state index is 0. The predicted molar refractivity (Wildman–Crippen MR) is 155 cm³/mol. The van der Waals surface area contributed by atoms with Gasteiger partial charge in [0, 0.05) is 23.3 Å². The van der Waals surface area contributed by atoms with Gasteiger partial charge in [0.15, 0.2) is 0 Å². The average Bonchev–Trinajstić information content (AvgIpc) is 3.32. The van der Waals surface area contributed by atoms with Crippen LogP contribution in [-0.4, -0.2) is 22.6 Å². The van der Waals surface area contributed by atoms with Crippen LogP contribution in [0.15, 0.2) is 72.9 Å². The van der Waals surface area contributed by atoms with E-state index in [0.717, 1.165) is 42.0 Å². The summed E-state index contributed by atoms with van der Waals surface area (Å²) in [5, 5.41) is 1.14. The van der Waals surface area contributed by atoms with Crippen molar-refractivity contribution >= 4 is 41.6 Å². The van der Waals surface area contributed by atoms with E-state index in [-0.39, 0.29) is 24.4 Å². The molecule has 38 heavy (non-hydrogen) atoms. The van der Waals surface area contributed by atoms with Gasteiger partial charge in [-0.25, -0.2) is 9.78 Å². The molecule has 0 spiro atoms. The van der Waals surface area contributed by atoms with E-state index in [9.17, 15) is 4.79 Å². The molecule has 6 nitrogen and oxygen atoms in total. The number of ether oxygens (including phenoxy) is 2. The molecular formula is C29H30Cl3N3O3. The summed E-state index contributed by atoms with van der Waals surface area (Å²) in [6.45, 7) is 2.99. The van der Waals surface area contributed by atoms with Gasteiger partial charge in [0.2, 0.25) is 0 Å². The van der Waals surface area contributed by atoms with Gasteiger partial charge in [-0.15, -0.1) is 12.4 Å². The molecule has 0 amide bonds. The molecule has 2 N–H and O–H groups in total. The van der Waals surface area contributed by atoms with E-state index in [1.807, 2.05) is 42.6 Å². The zero-order valence-corrected chi connectivity index (χ0v) is 23.5. The number of hydrogen-bond acceptors (Lipinski definition) is 5.